The van der Waals surface area contributed by atoms with Gasteiger partial charge in [0.25, 0.3) is 0 Å². The Morgan fingerprint density at radius 2 is 1.96 bits per heavy atom. The lowest BCUT2D eigenvalue weighted by Gasteiger charge is -2.37. The van der Waals surface area contributed by atoms with E-state index in [0.717, 1.165) is 70.8 Å². The van der Waals surface area contributed by atoms with Gasteiger partial charge in [0.05, 0.1) is 13.2 Å². The molecular weight excluding hydrogens is 465 g/mol. The second-order valence-corrected chi connectivity index (χ2v) is 7.87. The Morgan fingerprint density at radius 1 is 1.25 bits per heavy atom. The fraction of sp³-hybridized carbons (Fsp3) is 0.682. The number of guanidine groups is 1. The average molecular weight is 501 g/mol. The zero-order valence-electron chi connectivity index (χ0n) is 17.4. The molecule has 2 aliphatic rings. The Hall–Kier alpha value is -0.860. The molecule has 0 atom stereocenters. The molecule has 1 aromatic carbocycles. The molecule has 1 aliphatic carbocycles. The summed E-state index contributed by atoms with van der Waals surface area (Å²) in [4.78, 5) is 7.22. The SMILES string of the molecule is CCNC(=NCC1(c2ccccc2)CCOCC1)N(C)CCOCC1CC1.I. The third-order valence-corrected chi connectivity index (χ3v) is 5.69. The highest BCUT2D eigenvalue weighted by Crippen LogP contribution is 2.35. The van der Waals surface area contributed by atoms with E-state index in [1.807, 2.05) is 0 Å². The molecule has 158 valence electrons. The molecule has 0 spiro atoms. The van der Waals surface area contributed by atoms with Crippen LogP contribution in [0.15, 0.2) is 35.3 Å². The molecule has 1 saturated heterocycles. The summed E-state index contributed by atoms with van der Waals surface area (Å²) in [5.74, 6) is 1.78. The average Bonchev–Trinajstić information content (AvgIpc) is 3.54. The lowest BCUT2D eigenvalue weighted by atomic mass is 9.74. The van der Waals surface area contributed by atoms with E-state index in [4.69, 9.17) is 14.5 Å². The van der Waals surface area contributed by atoms with Crippen molar-refractivity contribution in [1.29, 1.82) is 0 Å². The molecule has 0 aromatic heterocycles. The van der Waals surface area contributed by atoms with Crippen LogP contribution in [0.1, 0.15) is 38.2 Å². The number of aliphatic imine (C=N–C) groups is 1. The topological polar surface area (TPSA) is 46.1 Å². The first-order valence-electron chi connectivity index (χ1n) is 10.4. The largest absolute Gasteiger partial charge is 0.381 e. The predicted molar refractivity (Wildman–Crippen MR) is 126 cm³/mol. The zero-order valence-corrected chi connectivity index (χ0v) is 19.7. The van der Waals surface area contributed by atoms with Crippen LogP contribution in [-0.4, -0.2) is 64.0 Å². The van der Waals surface area contributed by atoms with Crippen molar-refractivity contribution in [2.75, 3.05) is 53.1 Å². The first kappa shape index (κ1) is 23.4. The fourth-order valence-electron chi connectivity index (χ4n) is 3.63. The van der Waals surface area contributed by atoms with Crippen LogP contribution < -0.4 is 5.32 Å². The van der Waals surface area contributed by atoms with Crippen LogP contribution in [0.3, 0.4) is 0 Å². The lowest BCUT2D eigenvalue weighted by Crippen LogP contribution is -2.43. The van der Waals surface area contributed by atoms with Crippen LogP contribution in [-0.2, 0) is 14.9 Å². The van der Waals surface area contributed by atoms with Crippen molar-refractivity contribution in [3.05, 3.63) is 35.9 Å². The van der Waals surface area contributed by atoms with Crippen molar-refractivity contribution in [3.63, 3.8) is 0 Å². The van der Waals surface area contributed by atoms with Gasteiger partial charge in [-0.3, -0.25) is 4.99 Å². The van der Waals surface area contributed by atoms with Gasteiger partial charge < -0.3 is 19.7 Å². The van der Waals surface area contributed by atoms with E-state index in [9.17, 15) is 0 Å². The molecule has 5 nitrogen and oxygen atoms in total. The van der Waals surface area contributed by atoms with Gasteiger partial charge in [0.15, 0.2) is 5.96 Å². The van der Waals surface area contributed by atoms with Gasteiger partial charge in [-0.15, -0.1) is 24.0 Å². The standard InChI is InChI=1S/C22H35N3O2.HI/c1-3-23-21(25(2)13-16-27-17-19-9-10-19)24-18-22(11-14-26-15-12-22)20-7-5-4-6-8-20;/h4-8,19H,3,9-18H2,1-2H3,(H,23,24);1H. The Kier molecular flexibility index (Phi) is 10.0. The molecular formula is C22H36IN3O2. The Bertz CT molecular complexity index is 587. The van der Waals surface area contributed by atoms with E-state index in [1.165, 1.54) is 18.4 Å². The summed E-state index contributed by atoms with van der Waals surface area (Å²) in [5.41, 5.74) is 1.45. The van der Waals surface area contributed by atoms with Crippen molar-refractivity contribution in [3.8, 4) is 0 Å². The molecule has 1 aromatic rings. The molecule has 0 unspecified atom stereocenters. The summed E-state index contributed by atoms with van der Waals surface area (Å²) >= 11 is 0. The van der Waals surface area contributed by atoms with Crippen molar-refractivity contribution in [2.24, 2.45) is 10.9 Å². The molecule has 2 fully saturated rings. The van der Waals surface area contributed by atoms with Crippen LogP contribution >= 0.6 is 24.0 Å². The molecule has 28 heavy (non-hydrogen) atoms. The second-order valence-electron chi connectivity index (χ2n) is 7.87. The highest BCUT2D eigenvalue weighted by molar-refractivity contribution is 14.0. The fourth-order valence-corrected chi connectivity index (χ4v) is 3.63. The summed E-state index contributed by atoms with van der Waals surface area (Å²) in [6.07, 6.45) is 4.72. The minimum Gasteiger partial charge on any atom is -0.381 e. The molecule has 1 N–H and O–H groups in total. The summed E-state index contributed by atoms with van der Waals surface area (Å²) in [6, 6.07) is 10.8. The summed E-state index contributed by atoms with van der Waals surface area (Å²) < 4.78 is 11.4. The van der Waals surface area contributed by atoms with Gasteiger partial charge in [-0.25, -0.2) is 0 Å². The number of nitrogens with zero attached hydrogens (tertiary/aromatic N) is 2. The van der Waals surface area contributed by atoms with Gasteiger partial charge in [-0.1, -0.05) is 30.3 Å². The minimum absolute atomic E-state index is 0. The van der Waals surface area contributed by atoms with E-state index >= 15 is 0 Å². The Balaban J connectivity index is 0.00000280. The normalized spacial score (nSPS) is 19.0. The molecule has 3 rings (SSSR count). The van der Waals surface area contributed by atoms with Gasteiger partial charge in [-0.2, -0.15) is 0 Å². The van der Waals surface area contributed by atoms with E-state index in [-0.39, 0.29) is 29.4 Å². The number of likely N-dealkylation sites (N-methyl/N-ethyl adjacent to an activating group) is 1. The number of hydrogen-bond donors (Lipinski definition) is 1. The van der Waals surface area contributed by atoms with E-state index in [2.05, 4.69) is 54.5 Å². The van der Waals surface area contributed by atoms with Crippen molar-refractivity contribution >= 4 is 29.9 Å². The Morgan fingerprint density at radius 3 is 2.61 bits per heavy atom. The van der Waals surface area contributed by atoms with E-state index < -0.39 is 0 Å². The van der Waals surface area contributed by atoms with Crippen molar-refractivity contribution < 1.29 is 9.47 Å². The third-order valence-electron chi connectivity index (χ3n) is 5.69. The van der Waals surface area contributed by atoms with Crippen LogP contribution in [0.25, 0.3) is 0 Å². The maximum absolute atomic E-state index is 5.80. The molecule has 6 heteroatoms. The number of hydrogen-bond acceptors (Lipinski definition) is 3. The van der Waals surface area contributed by atoms with Crippen LogP contribution in [0, 0.1) is 5.92 Å². The molecule has 1 saturated carbocycles. The van der Waals surface area contributed by atoms with Crippen molar-refractivity contribution in [2.45, 2.75) is 38.0 Å². The van der Waals surface area contributed by atoms with E-state index in [0.29, 0.717) is 0 Å². The molecule has 0 bridgehead atoms. The maximum Gasteiger partial charge on any atom is 0.193 e. The van der Waals surface area contributed by atoms with Crippen LogP contribution in [0.5, 0.6) is 0 Å². The second kappa shape index (κ2) is 12.0. The summed E-state index contributed by atoms with van der Waals surface area (Å²) in [7, 11) is 2.10. The number of rotatable bonds is 9. The predicted octanol–water partition coefficient (Wildman–Crippen LogP) is 3.68. The first-order valence-corrected chi connectivity index (χ1v) is 10.4. The molecule has 0 amide bonds. The minimum atomic E-state index is 0. The highest BCUT2D eigenvalue weighted by atomic mass is 127. The van der Waals surface area contributed by atoms with Gasteiger partial charge >= 0.3 is 0 Å². The van der Waals surface area contributed by atoms with Crippen molar-refractivity contribution in [1.82, 2.24) is 10.2 Å². The highest BCUT2D eigenvalue weighted by Gasteiger charge is 2.34. The first-order chi connectivity index (χ1) is 13.2. The van der Waals surface area contributed by atoms with Gasteiger partial charge in [0.1, 0.15) is 0 Å². The smallest absolute Gasteiger partial charge is 0.193 e. The third kappa shape index (κ3) is 6.88. The lowest BCUT2D eigenvalue weighted by molar-refractivity contribution is 0.0530. The van der Waals surface area contributed by atoms with Gasteiger partial charge in [0, 0.05) is 45.4 Å². The zero-order chi connectivity index (χ0) is 19.0. The Labute approximate surface area is 187 Å². The quantitative estimate of drug-likeness (QED) is 0.243. The van der Waals surface area contributed by atoms with E-state index in [1.54, 1.807) is 0 Å². The van der Waals surface area contributed by atoms with Crippen LogP contribution in [0.4, 0.5) is 0 Å². The number of nitrogens with one attached hydrogen (secondary N) is 1. The molecule has 0 radical (unpaired) electrons. The maximum atomic E-state index is 5.80. The summed E-state index contributed by atoms with van der Waals surface area (Å²) in [5, 5.41) is 3.44. The molecule has 1 heterocycles. The van der Waals surface area contributed by atoms with Gasteiger partial charge in [-0.05, 0) is 44.1 Å². The monoisotopic (exact) mass is 501 g/mol. The van der Waals surface area contributed by atoms with Crippen LogP contribution in [0.2, 0.25) is 0 Å². The van der Waals surface area contributed by atoms with Gasteiger partial charge in [0.2, 0.25) is 0 Å². The summed E-state index contributed by atoms with van der Waals surface area (Å²) in [6.45, 7) is 7.93. The number of benzene rings is 1. The number of halogens is 1. The number of ether oxygens (including phenoxy) is 2. The molecule has 1 aliphatic heterocycles.